The molecule has 0 aliphatic heterocycles. The van der Waals surface area contributed by atoms with Gasteiger partial charge in [0.05, 0.1) is 13.2 Å². The molecule has 0 aromatic heterocycles. The quantitative estimate of drug-likeness (QED) is 0.724. The van der Waals surface area contributed by atoms with Crippen molar-refractivity contribution in [1.82, 2.24) is 5.32 Å². The van der Waals surface area contributed by atoms with Gasteiger partial charge in [-0.1, -0.05) is 0 Å². The highest BCUT2D eigenvalue weighted by Gasteiger charge is 1.99. The average Bonchev–Trinajstić information content (AvgIpc) is 2.23. The van der Waals surface area contributed by atoms with Crippen LogP contribution < -0.4 is 10.1 Å². The molecule has 0 fully saturated rings. The molecule has 0 aliphatic rings. The van der Waals surface area contributed by atoms with Crippen LogP contribution in [0.15, 0.2) is 12.1 Å². The van der Waals surface area contributed by atoms with E-state index in [-0.39, 0.29) is 12.5 Å². The minimum absolute atomic E-state index is 0.0518. The number of amides is 1. The average molecular weight is 222 g/mol. The van der Waals surface area contributed by atoms with E-state index in [9.17, 15) is 4.79 Å². The molecule has 0 aliphatic carbocycles. The zero-order chi connectivity index (χ0) is 12.0. The summed E-state index contributed by atoms with van der Waals surface area (Å²) in [6, 6.07) is 6.58. The molecule has 1 aromatic rings. The SMILES string of the molecule is CC(=O)NCCOc1cc(C)[c]c(CO)c1. The third kappa shape index (κ3) is 4.31. The van der Waals surface area contributed by atoms with E-state index >= 15 is 0 Å². The van der Waals surface area contributed by atoms with Gasteiger partial charge in [0, 0.05) is 6.92 Å². The van der Waals surface area contributed by atoms with Crippen molar-refractivity contribution in [3.05, 3.63) is 29.3 Å². The lowest BCUT2D eigenvalue weighted by Gasteiger charge is -2.08. The molecule has 0 saturated carbocycles. The van der Waals surface area contributed by atoms with E-state index in [1.807, 2.05) is 13.0 Å². The van der Waals surface area contributed by atoms with Gasteiger partial charge in [0.2, 0.25) is 5.91 Å². The van der Waals surface area contributed by atoms with Gasteiger partial charge in [0.15, 0.2) is 0 Å². The van der Waals surface area contributed by atoms with Crippen LogP contribution in [0, 0.1) is 13.0 Å². The first-order valence-corrected chi connectivity index (χ1v) is 5.12. The summed E-state index contributed by atoms with van der Waals surface area (Å²) in [5, 5.41) is 11.6. The summed E-state index contributed by atoms with van der Waals surface area (Å²) >= 11 is 0. The van der Waals surface area contributed by atoms with Crippen LogP contribution in [0.4, 0.5) is 0 Å². The molecule has 0 heterocycles. The van der Waals surface area contributed by atoms with Gasteiger partial charge in [-0.2, -0.15) is 0 Å². The third-order valence-electron chi connectivity index (χ3n) is 1.95. The summed E-state index contributed by atoms with van der Waals surface area (Å²) in [7, 11) is 0. The van der Waals surface area contributed by atoms with E-state index in [4.69, 9.17) is 9.84 Å². The van der Waals surface area contributed by atoms with Crippen LogP contribution in [0.5, 0.6) is 5.75 Å². The Morgan fingerprint density at radius 2 is 2.31 bits per heavy atom. The molecule has 0 unspecified atom stereocenters. The minimum atomic E-state index is -0.0720. The lowest BCUT2D eigenvalue weighted by Crippen LogP contribution is -2.25. The molecule has 0 saturated heterocycles. The van der Waals surface area contributed by atoms with E-state index in [1.54, 1.807) is 6.07 Å². The molecule has 0 spiro atoms. The zero-order valence-corrected chi connectivity index (χ0v) is 9.54. The van der Waals surface area contributed by atoms with Gasteiger partial charge in [-0.3, -0.25) is 4.79 Å². The number of aliphatic hydroxyl groups excluding tert-OH is 1. The molecule has 1 rings (SSSR count). The smallest absolute Gasteiger partial charge is 0.216 e. The summed E-state index contributed by atoms with van der Waals surface area (Å²) in [4.78, 5) is 10.6. The van der Waals surface area contributed by atoms with Gasteiger partial charge in [-0.15, -0.1) is 0 Å². The second-order valence-electron chi connectivity index (χ2n) is 3.51. The number of ether oxygens (including phenoxy) is 1. The second kappa shape index (κ2) is 6.12. The molecule has 1 amide bonds. The van der Waals surface area contributed by atoms with Crippen LogP contribution in [0.25, 0.3) is 0 Å². The number of aliphatic hydroxyl groups is 1. The first kappa shape index (κ1) is 12.5. The number of aryl methyl sites for hydroxylation is 1. The number of hydrogen-bond donors (Lipinski definition) is 2. The van der Waals surface area contributed by atoms with E-state index in [0.717, 1.165) is 5.56 Å². The maximum atomic E-state index is 10.6. The van der Waals surface area contributed by atoms with Crippen molar-refractivity contribution in [2.24, 2.45) is 0 Å². The Bertz CT molecular complexity index is 363. The molecule has 1 aromatic carbocycles. The largest absolute Gasteiger partial charge is 0.492 e. The van der Waals surface area contributed by atoms with Crippen LogP contribution >= 0.6 is 0 Å². The Balaban J connectivity index is 2.47. The summed E-state index contributed by atoms with van der Waals surface area (Å²) in [6.45, 7) is 4.18. The molecule has 1 radical (unpaired) electrons. The van der Waals surface area contributed by atoms with Crippen LogP contribution in [-0.4, -0.2) is 24.2 Å². The maximum absolute atomic E-state index is 10.6. The number of nitrogens with one attached hydrogen (secondary N) is 1. The van der Waals surface area contributed by atoms with E-state index in [2.05, 4.69) is 11.4 Å². The lowest BCUT2D eigenvalue weighted by molar-refractivity contribution is -0.119. The standard InChI is InChI=1S/C12H16NO3/c1-9-5-11(8-14)7-12(6-9)16-4-3-13-10(2)15/h6-7,14H,3-4,8H2,1-2H3,(H,13,15). The molecule has 87 valence electrons. The minimum Gasteiger partial charge on any atom is -0.492 e. The zero-order valence-electron chi connectivity index (χ0n) is 9.54. The van der Waals surface area contributed by atoms with Gasteiger partial charge in [0.25, 0.3) is 0 Å². The summed E-state index contributed by atoms with van der Waals surface area (Å²) in [5.74, 6) is 0.614. The fourth-order valence-corrected chi connectivity index (χ4v) is 1.32. The number of carbonyl (C=O) groups excluding carboxylic acids is 1. The van der Waals surface area contributed by atoms with E-state index in [1.165, 1.54) is 6.92 Å². The number of carbonyl (C=O) groups is 1. The third-order valence-corrected chi connectivity index (χ3v) is 1.95. The maximum Gasteiger partial charge on any atom is 0.216 e. The summed E-state index contributed by atoms with van der Waals surface area (Å²) < 4.78 is 5.43. The summed E-state index contributed by atoms with van der Waals surface area (Å²) in [5.41, 5.74) is 1.62. The Morgan fingerprint density at radius 1 is 1.56 bits per heavy atom. The highest BCUT2D eigenvalue weighted by Crippen LogP contribution is 2.16. The Hall–Kier alpha value is -1.55. The molecule has 0 atom stereocenters. The molecule has 0 bridgehead atoms. The van der Waals surface area contributed by atoms with Crippen LogP contribution in [0.3, 0.4) is 0 Å². The Kier molecular flexibility index (Phi) is 4.79. The van der Waals surface area contributed by atoms with E-state index in [0.29, 0.717) is 24.5 Å². The van der Waals surface area contributed by atoms with Gasteiger partial charge >= 0.3 is 0 Å². The molecule has 2 N–H and O–H groups in total. The molecule has 4 heteroatoms. The first-order valence-electron chi connectivity index (χ1n) is 5.12. The highest BCUT2D eigenvalue weighted by molar-refractivity contribution is 5.72. The second-order valence-corrected chi connectivity index (χ2v) is 3.51. The van der Waals surface area contributed by atoms with Crippen LogP contribution in [0.1, 0.15) is 18.1 Å². The van der Waals surface area contributed by atoms with Gasteiger partial charge in [-0.25, -0.2) is 0 Å². The van der Waals surface area contributed by atoms with E-state index < -0.39 is 0 Å². The van der Waals surface area contributed by atoms with Crippen molar-refractivity contribution >= 4 is 5.91 Å². The number of benzene rings is 1. The molecular weight excluding hydrogens is 206 g/mol. The van der Waals surface area contributed by atoms with Crippen molar-refractivity contribution in [3.63, 3.8) is 0 Å². The lowest BCUT2D eigenvalue weighted by atomic mass is 10.1. The van der Waals surface area contributed by atoms with Crippen LogP contribution in [0.2, 0.25) is 0 Å². The first-order chi connectivity index (χ1) is 7.61. The predicted octanol–water partition coefficient (Wildman–Crippen LogP) is 0.802. The molecule has 4 nitrogen and oxygen atoms in total. The van der Waals surface area contributed by atoms with Crippen molar-refractivity contribution in [1.29, 1.82) is 0 Å². The predicted molar refractivity (Wildman–Crippen MR) is 60.1 cm³/mol. The van der Waals surface area contributed by atoms with Crippen molar-refractivity contribution in [2.75, 3.05) is 13.2 Å². The normalized spacial score (nSPS) is 9.94. The highest BCUT2D eigenvalue weighted by atomic mass is 16.5. The van der Waals surface area contributed by atoms with Crippen molar-refractivity contribution in [2.45, 2.75) is 20.5 Å². The van der Waals surface area contributed by atoms with Gasteiger partial charge in [-0.05, 0) is 36.2 Å². The topological polar surface area (TPSA) is 58.6 Å². The monoisotopic (exact) mass is 222 g/mol. The van der Waals surface area contributed by atoms with Crippen molar-refractivity contribution in [3.8, 4) is 5.75 Å². The van der Waals surface area contributed by atoms with Gasteiger partial charge in [0.1, 0.15) is 12.4 Å². The fourth-order valence-electron chi connectivity index (χ4n) is 1.32. The molecular formula is C12H16NO3. The number of hydrogen-bond acceptors (Lipinski definition) is 3. The number of rotatable bonds is 5. The fraction of sp³-hybridized carbons (Fsp3) is 0.417. The Labute approximate surface area is 95.2 Å². The summed E-state index contributed by atoms with van der Waals surface area (Å²) in [6.07, 6.45) is 0. The van der Waals surface area contributed by atoms with Crippen LogP contribution in [-0.2, 0) is 11.4 Å². The molecule has 16 heavy (non-hydrogen) atoms. The Morgan fingerprint density at radius 3 is 2.94 bits per heavy atom. The van der Waals surface area contributed by atoms with Gasteiger partial charge < -0.3 is 15.2 Å². The van der Waals surface area contributed by atoms with Crippen molar-refractivity contribution < 1.29 is 14.6 Å².